The van der Waals surface area contributed by atoms with Gasteiger partial charge in [0.2, 0.25) is 0 Å². The molecule has 1 aliphatic rings. The molecule has 0 bridgehead atoms. The molecule has 104 valence electrons. The molecule has 2 N–H and O–H groups in total. The van der Waals surface area contributed by atoms with Crippen molar-refractivity contribution in [1.82, 2.24) is 0 Å². The molecule has 1 saturated carbocycles. The Bertz CT molecular complexity index is 465. The van der Waals surface area contributed by atoms with Crippen LogP contribution in [0.2, 0.25) is 0 Å². The van der Waals surface area contributed by atoms with Crippen LogP contribution in [0.25, 0.3) is 0 Å². The normalized spacial score (nSPS) is 18.1. The summed E-state index contributed by atoms with van der Waals surface area (Å²) in [6, 6.07) is 4.17. The molecule has 0 spiro atoms. The minimum absolute atomic E-state index is 0.327. The summed E-state index contributed by atoms with van der Waals surface area (Å²) in [6.45, 7) is 6.11. The lowest BCUT2D eigenvalue weighted by molar-refractivity contribution is -0.136. The monoisotopic (exact) mass is 261 g/mol. The van der Waals surface area contributed by atoms with Crippen LogP contribution in [0, 0.1) is 20.8 Å². The first-order chi connectivity index (χ1) is 8.94. The molecule has 1 aromatic carbocycles. The summed E-state index contributed by atoms with van der Waals surface area (Å²) in [5.74, 6) is 0.498. The average molecular weight is 261 g/mol. The molecule has 0 saturated heterocycles. The number of rotatable bonds is 3. The zero-order valence-corrected chi connectivity index (χ0v) is 12.1. The van der Waals surface area contributed by atoms with Crippen LogP contribution in [-0.4, -0.2) is 11.5 Å². The third-order valence-corrected chi connectivity index (χ3v) is 4.01. The zero-order chi connectivity index (χ0) is 14.0. The Kier molecular flexibility index (Phi) is 3.83. The second-order valence-electron chi connectivity index (χ2n) is 5.75. The first-order valence-corrected chi connectivity index (χ1v) is 7.01. The maximum Gasteiger partial charge on any atom is 0.261 e. The molecule has 3 heteroatoms. The summed E-state index contributed by atoms with van der Waals surface area (Å²) in [6.07, 6.45) is 4.63. The number of hydrogen-bond donors (Lipinski definition) is 1. The van der Waals surface area contributed by atoms with Crippen LogP contribution in [0.15, 0.2) is 12.1 Å². The maximum atomic E-state index is 11.9. The van der Waals surface area contributed by atoms with Crippen molar-refractivity contribution in [2.24, 2.45) is 5.73 Å². The Morgan fingerprint density at radius 3 is 2.11 bits per heavy atom. The van der Waals surface area contributed by atoms with Crippen LogP contribution in [0.5, 0.6) is 5.75 Å². The van der Waals surface area contributed by atoms with E-state index >= 15 is 0 Å². The molecular formula is C16H23NO2. The molecule has 0 aromatic heterocycles. The molecule has 0 heterocycles. The van der Waals surface area contributed by atoms with E-state index < -0.39 is 5.60 Å². The third kappa shape index (κ3) is 2.75. The highest BCUT2D eigenvalue weighted by molar-refractivity contribution is 5.84. The largest absolute Gasteiger partial charge is 0.477 e. The summed E-state index contributed by atoms with van der Waals surface area (Å²) in [5, 5.41) is 0. The average Bonchev–Trinajstić information content (AvgIpc) is 2.35. The van der Waals surface area contributed by atoms with Crippen LogP contribution in [0.4, 0.5) is 0 Å². The lowest BCUT2D eigenvalue weighted by Crippen LogP contribution is -2.50. The van der Waals surface area contributed by atoms with Crippen molar-refractivity contribution in [2.45, 2.75) is 58.5 Å². The molecule has 0 radical (unpaired) electrons. The van der Waals surface area contributed by atoms with Crippen LogP contribution < -0.4 is 10.5 Å². The second-order valence-corrected chi connectivity index (χ2v) is 5.75. The molecule has 1 fully saturated rings. The summed E-state index contributed by atoms with van der Waals surface area (Å²) in [5.41, 5.74) is 8.17. The Hall–Kier alpha value is -1.51. The number of primary amides is 1. The topological polar surface area (TPSA) is 52.3 Å². The van der Waals surface area contributed by atoms with Gasteiger partial charge in [-0.25, -0.2) is 0 Å². The summed E-state index contributed by atoms with van der Waals surface area (Å²) in [7, 11) is 0. The fourth-order valence-corrected chi connectivity index (χ4v) is 3.04. The van der Waals surface area contributed by atoms with Gasteiger partial charge >= 0.3 is 0 Å². The number of carbonyl (C=O) groups is 1. The van der Waals surface area contributed by atoms with Gasteiger partial charge in [0, 0.05) is 0 Å². The number of nitrogens with two attached hydrogens (primary N) is 1. The molecule has 1 aromatic rings. The number of hydrogen-bond acceptors (Lipinski definition) is 2. The Morgan fingerprint density at radius 1 is 1.11 bits per heavy atom. The Labute approximate surface area is 115 Å². The first-order valence-electron chi connectivity index (χ1n) is 7.01. The minimum atomic E-state index is -0.803. The summed E-state index contributed by atoms with van der Waals surface area (Å²) in [4.78, 5) is 11.9. The second kappa shape index (κ2) is 5.24. The molecule has 0 aliphatic heterocycles. The Morgan fingerprint density at radius 2 is 1.63 bits per heavy atom. The smallest absolute Gasteiger partial charge is 0.261 e. The van der Waals surface area contributed by atoms with Gasteiger partial charge < -0.3 is 10.5 Å². The van der Waals surface area contributed by atoms with Crippen molar-refractivity contribution < 1.29 is 9.53 Å². The van der Waals surface area contributed by atoms with Crippen LogP contribution in [0.1, 0.15) is 48.8 Å². The van der Waals surface area contributed by atoms with E-state index in [9.17, 15) is 4.79 Å². The highest BCUT2D eigenvalue weighted by Crippen LogP contribution is 2.36. The van der Waals surface area contributed by atoms with Crippen molar-refractivity contribution in [3.05, 3.63) is 28.8 Å². The van der Waals surface area contributed by atoms with E-state index in [-0.39, 0.29) is 5.91 Å². The fraction of sp³-hybridized carbons (Fsp3) is 0.562. The number of aryl methyl sites for hydroxylation is 3. The molecular weight excluding hydrogens is 238 g/mol. The predicted octanol–water partition coefficient (Wildman–Crippen LogP) is 3.18. The molecule has 0 unspecified atom stereocenters. The number of amides is 1. The SMILES string of the molecule is Cc1cc(C)c(OC2(C(N)=O)CCCCC2)c(C)c1. The van der Waals surface area contributed by atoms with Gasteiger partial charge in [-0.1, -0.05) is 24.1 Å². The van der Waals surface area contributed by atoms with Gasteiger partial charge in [0.15, 0.2) is 5.60 Å². The van der Waals surface area contributed by atoms with Crippen molar-refractivity contribution in [3.63, 3.8) is 0 Å². The van der Waals surface area contributed by atoms with E-state index in [0.717, 1.165) is 49.0 Å². The molecule has 2 rings (SSSR count). The van der Waals surface area contributed by atoms with Gasteiger partial charge in [-0.15, -0.1) is 0 Å². The number of benzene rings is 1. The van der Waals surface area contributed by atoms with Gasteiger partial charge in [-0.3, -0.25) is 4.79 Å². The van der Waals surface area contributed by atoms with Gasteiger partial charge in [0.25, 0.3) is 5.91 Å². The van der Waals surface area contributed by atoms with Gasteiger partial charge in [0.05, 0.1) is 0 Å². The molecule has 3 nitrogen and oxygen atoms in total. The predicted molar refractivity (Wildman–Crippen MR) is 76.3 cm³/mol. The highest BCUT2D eigenvalue weighted by atomic mass is 16.5. The molecule has 19 heavy (non-hydrogen) atoms. The van der Waals surface area contributed by atoms with E-state index in [1.54, 1.807) is 0 Å². The lowest BCUT2D eigenvalue weighted by Gasteiger charge is -2.35. The molecule has 1 amide bonds. The van der Waals surface area contributed by atoms with Crippen molar-refractivity contribution >= 4 is 5.91 Å². The van der Waals surface area contributed by atoms with E-state index in [2.05, 4.69) is 19.1 Å². The quantitative estimate of drug-likeness (QED) is 0.908. The van der Waals surface area contributed by atoms with E-state index in [4.69, 9.17) is 10.5 Å². The van der Waals surface area contributed by atoms with Crippen LogP contribution >= 0.6 is 0 Å². The highest BCUT2D eigenvalue weighted by Gasteiger charge is 2.40. The van der Waals surface area contributed by atoms with Crippen molar-refractivity contribution in [1.29, 1.82) is 0 Å². The molecule has 1 aliphatic carbocycles. The van der Waals surface area contributed by atoms with Crippen LogP contribution in [-0.2, 0) is 4.79 Å². The maximum absolute atomic E-state index is 11.9. The third-order valence-electron chi connectivity index (χ3n) is 4.01. The van der Waals surface area contributed by atoms with E-state index in [1.807, 2.05) is 13.8 Å². The number of carbonyl (C=O) groups excluding carboxylic acids is 1. The first kappa shape index (κ1) is 13.9. The van der Waals surface area contributed by atoms with E-state index in [1.165, 1.54) is 5.56 Å². The summed E-state index contributed by atoms with van der Waals surface area (Å²) < 4.78 is 6.15. The lowest BCUT2D eigenvalue weighted by atomic mass is 9.84. The van der Waals surface area contributed by atoms with Crippen LogP contribution in [0.3, 0.4) is 0 Å². The van der Waals surface area contributed by atoms with Gasteiger partial charge in [0.1, 0.15) is 5.75 Å². The van der Waals surface area contributed by atoms with E-state index in [0.29, 0.717) is 0 Å². The van der Waals surface area contributed by atoms with Gasteiger partial charge in [-0.05, 0) is 57.6 Å². The minimum Gasteiger partial charge on any atom is -0.477 e. The summed E-state index contributed by atoms with van der Waals surface area (Å²) >= 11 is 0. The number of ether oxygens (including phenoxy) is 1. The fourth-order valence-electron chi connectivity index (χ4n) is 3.04. The van der Waals surface area contributed by atoms with Crippen molar-refractivity contribution in [2.75, 3.05) is 0 Å². The Balaban J connectivity index is 2.35. The standard InChI is InChI=1S/C16H23NO2/c1-11-9-12(2)14(13(3)10-11)19-16(15(17)18)7-5-4-6-8-16/h9-10H,4-8H2,1-3H3,(H2,17,18). The molecule has 0 atom stereocenters. The van der Waals surface area contributed by atoms with Gasteiger partial charge in [-0.2, -0.15) is 0 Å². The zero-order valence-electron chi connectivity index (χ0n) is 12.1. The van der Waals surface area contributed by atoms with Crippen molar-refractivity contribution in [3.8, 4) is 5.75 Å².